The number of benzene rings is 1. The molecule has 6 heteroatoms. The van der Waals surface area contributed by atoms with Crippen molar-refractivity contribution in [2.24, 2.45) is 10.7 Å². The highest BCUT2D eigenvalue weighted by molar-refractivity contribution is 14.1. The van der Waals surface area contributed by atoms with Crippen LogP contribution in [0.4, 0.5) is 0 Å². The number of nitrogens with zero attached hydrogens (tertiary/aromatic N) is 2. The van der Waals surface area contributed by atoms with E-state index in [0.29, 0.717) is 23.6 Å². The molecule has 0 unspecified atom stereocenters. The quantitative estimate of drug-likeness (QED) is 0.486. The molecule has 0 aliphatic heterocycles. The van der Waals surface area contributed by atoms with E-state index in [-0.39, 0.29) is 0 Å². The molecule has 1 aliphatic rings. The molecule has 0 spiro atoms. The Balaban J connectivity index is 2.13. The van der Waals surface area contributed by atoms with Crippen molar-refractivity contribution in [1.29, 1.82) is 0 Å². The van der Waals surface area contributed by atoms with Gasteiger partial charge in [0.25, 0.3) is 0 Å². The third kappa shape index (κ3) is 3.66. The van der Waals surface area contributed by atoms with Crippen LogP contribution in [0.2, 0.25) is 5.02 Å². The van der Waals surface area contributed by atoms with Crippen LogP contribution in [0.15, 0.2) is 17.1 Å². The smallest absolute Gasteiger partial charge is 0.191 e. The van der Waals surface area contributed by atoms with E-state index in [1.54, 1.807) is 7.11 Å². The lowest BCUT2D eigenvalue weighted by Gasteiger charge is -2.17. The van der Waals surface area contributed by atoms with Gasteiger partial charge in [0.15, 0.2) is 5.96 Å². The van der Waals surface area contributed by atoms with Crippen molar-refractivity contribution < 1.29 is 4.74 Å². The predicted octanol–water partition coefficient (Wildman–Crippen LogP) is 2.86. The van der Waals surface area contributed by atoms with Crippen LogP contribution in [0.3, 0.4) is 0 Å². The second kappa shape index (κ2) is 6.17. The van der Waals surface area contributed by atoms with Gasteiger partial charge >= 0.3 is 0 Å². The second-order valence-corrected chi connectivity index (χ2v) is 6.16. The zero-order valence-electron chi connectivity index (χ0n) is 11.0. The summed E-state index contributed by atoms with van der Waals surface area (Å²) in [4.78, 5) is 6.44. The number of methoxy groups -OCH3 is 1. The molecular weight excluding hydrogens is 377 g/mol. The summed E-state index contributed by atoms with van der Waals surface area (Å²) in [6.45, 7) is 0.475. The van der Waals surface area contributed by atoms with E-state index in [1.807, 2.05) is 24.1 Å². The van der Waals surface area contributed by atoms with Gasteiger partial charge in [-0.25, -0.2) is 4.99 Å². The first kappa shape index (κ1) is 14.7. The summed E-state index contributed by atoms with van der Waals surface area (Å²) in [7, 11) is 3.63. The zero-order valence-corrected chi connectivity index (χ0v) is 13.9. The molecule has 1 aromatic rings. The minimum Gasteiger partial charge on any atom is -0.496 e. The molecule has 0 amide bonds. The predicted molar refractivity (Wildman–Crippen MR) is 86.8 cm³/mol. The molecule has 1 aromatic carbocycles. The van der Waals surface area contributed by atoms with Crippen LogP contribution in [0.5, 0.6) is 5.75 Å². The van der Waals surface area contributed by atoms with Gasteiger partial charge in [-0.1, -0.05) is 11.6 Å². The highest BCUT2D eigenvalue weighted by atomic mass is 127. The lowest BCUT2D eigenvalue weighted by Crippen LogP contribution is -2.35. The molecule has 2 rings (SSSR count). The first-order valence-electron chi connectivity index (χ1n) is 6.07. The summed E-state index contributed by atoms with van der Waals surface area (Å²) in [5, 5.41) is 0.709. The molecule has 1 saturated carbocycles. The van der Waals surface area contributed by atoms with E-state index in [1.165, 1.54) is 12.8 Å². The van der Waals surface area contributed by atoms with Gasteiger partial charge in [-0.2, -0.15) is 0 Å². The Morgan fingerprint density at radius 1 is 1.58 bits per heavy atom. The fraction of sp³-hybridized carbons (Fsp3) is 0.462. The second-order valence-electron chi connectivity index (χ2n) is 4.59. The zero-order chi connectivity index (χ0) is 14.0. The van der Waals surface area contributed by atoms with Crippen LogP contribution in [-0.2, 0) is 6.54 Å². The third-order valence-electron chi connectivity index (χ3n) is 3.19. The summed E-state index contributed by atoms with van der Waals surface area (Å²) in [5.74, 6) is 1.36. The highest BCUT2D eigenvalue weighted by Crippen LogP contribution is 2.29. The molecule has 0 heterocycles. The Bertz CT molecular complexity index is 503. The van der Waals surface area contributed by atoms with Crippen LogP contribution < -0.4 is 10.5 Å². The Hall–Kier alpha value is -0.690. The van der Waals surface area contributed by atoms with Gasteiger partial charge in [0, 0.05) is 22.2 Å². The van der Waals surface area contributed by atoms with E-state index < -0.39 is 0 Å². The summed E-state index contributed by atoms with van der Waals surface area (Å²) < 4.78 is 6.31. The topological polar surface area (TPSA) is 50.9 Å². The SMILES string of the molecule is COc1cc(I)c(Cl)cc1CN=C(N)N(C)C1CC1. The number of hydrogen-bond donors (Lipinski definition) is 1. The number of aliphatic imine (C=N–C) groups is 1. The molecular formula is C13H17ClIN3O. The van der Waals surface area contributed by atoms with Gasteiger partial charge < -0.3 is 15.4 Å². The van der Waals surface area contributed by atoms with Gasteiger partial charge in [0.2, 0.25) is 0 Å². The monoisotopic (exact) mass is 393 g/mol. The van der Waals surface area contributed by atoms with Crippen molar-refractivity contribution in [1.82, 2.24) is 4.90 Å². The molecule has 0 saturated heterocycles. The van der Waals surface area contributed by atoms with Crippen LogP contribution in [0.1, 0.15) is 18.4 Å². The summed E-state index contributed by atoms with van der Waals surface area (Å²) in [6.07, 6.45) is 2.40. The third-order valence-corrected chi connectivity index (χ3v) is 4.71. The maximum absolute atomic E-state index is 6.13. The Labute approximate surface area is 132 Å². The van der Waals surface area contributed by atoms with Gasteiger partial charge in [0.05, 0.1) is 18.7 Å². The highest BCUT2D eigenvalue weighted by Gasteiger charge is 2.27. The lowest BCUT2D eigenvalue weighted by atomic mass is 10.2. The standard InChI is InChI=1S/C13H17ClIN3O/c1-18(9-3-4-9)13(16)17-7-8-5-10(14)11(15)6-12(8)19-2/h5-6,9H,3-4,7H2,1-2H3,(H2,16,17). The summed E-state index contributed by atoms with van der Waals surface area (Å²) in [6, 6.07) is 4.36. The Morgan fingerprint density at radius 2 is 2.26 bits per heavy atom. The number of hydrogen-bond acceptors (Lipinski definition) is 2. The number of halogens is 2. The van der Waals surface area contributed by atoms with Crippen molar-refractivity contribution in [3.05, 3.63) is 26.3 Å². The fourth-order valence-corrected chi connectivity index (χ4v) is 2.43. The van der Waals surface area contributed by atoms with Crippen molar-refractivity contribution in [3.8, 4) is 5.75 Å². The Kier molecular flexibility index (Phi) is 4.78. The van der Waals surface area contributed by atoms with Crippen molar-refractivity contribution >= 4 is 40.2 Å². The van der Waals surface area contributed by atoms with Crippen molar-refractivity contribution in [2.45, 2.75) is 25.4 Å². The average molecular weight is 394 g/mol. The van der Waals surface area contributed by atoms with E-state index in [2.05, 4.69) is 27.6 Å². The minimum atomic E-state index is 0.475. The van der Waals surface area contributed by atoms with Gasteiger partial charge in [-0.3, -0.25) is 0 Å². The largest absolute Gasteiger partial charge is 0.496 e. The molecule has 2 N–H and O–H groups in total. The molecule has 1 aliphatic carbocycles. The molecule has 4 nitrogen and oxygen atoms in total. The lowest BCUT2D eigenvalue weighted by molar-refractivity contribution is 0.409. The van der Waals surface area contributed by atoms with E-state index in [4.69, 9.17) is 22.1 Å². The molecule has 104 valence electrons. The average Bonchev–Trinajstić information content (AvgIpc) is 3.22. The van der Waals surface area contributed by atoms with Crippen LogP contribution in [-0.4, -0.2) is 31.1 Å². The van der Waals surface area contributed by atoms with Crippen LogP contribution in [0, 0.1) is 3.57 Å². The van der Waals surface area contributed by atoms with Gasteiger partial charge in [0.1, 0.15) is 5.75 Å². The normalized spacial score (nSPS) is 15.5. The van der Waals surface area contributed by atoms with Crippen molar-refractivity contribution in [3.63, 3.8) is 0 Å². The van der Waals surface area contributed by atoms with E-state index in [9.17, 15) is 0 Å². The molecule has 19 heavy (non-hydrogen) atoms. The number of nitrogens with two attached hydrogens (primary N) is 1. The molecule has 0 radical (unpaired) electrons. The number of rotatable bonds is 4. The van der Waals surface area contributed by atoms with Crippen molar-refractivity contribution in [2.75, 3.05) is 14.2 Å². The molecule has 0 aromatic heterocycles. The first-order chi connectivity index (χ1) is 9.02. The van der Waals surface area contributed by atoms with Gasteiger partial charge in [-0.15, -0.1) is 0 Å². The molecule has 1 fully saturated rings. The maximum Gasteiger partial charge on any atom is 0.191 e. The Morgan fingerprint density at radius 3 is 2.84 bits per heavy atom. The van der Waals surface area contributed by atoms with Gasteiger partial charge in [-0.05, 0) is 47.6 Å². The van der Waals surface area contributed by atoms with E-state index >= 15 is 0 Å². The first-order valence-corrected chi connectivity index (χ1v) is 7.53. The molecule has 0 atom stereocenters. The van der Waals surface area contributed by atoms with E-state index in [0.717, 1.165) is 14.9 Å². The maximum atomic E-state index is 6.13. The fourth-order valence-electron chi connectivity index (χ4n) is 1.81. The summed E-state index contributed by atoms with van der Waals surface area (Å²) in [5.41, 5.74) is 6.91. The van der Waals surface area contributed by atoms with Crippen LogP contribution in [0.25, 0.3) is 0 Å². The minimum absolute atomic E-state index is 0.475. The van der Waals surface area contributed by atoms with Crippen LogP contribution >= 0.6 is 34.2 Å². The molecule has 0 bridgehead atoms. The number of guanidine groups is 1. The number of ether oxygens (including phenoxy) is 1. The summed E-state index contributed by atoms with van der Waals surface area (Å²) >= 11 is 8.31.